The van der Waals surface area contributed by atoms with Gasteiger partial charge in [-0.2, -0.15) is 0 Å². The average molecular weight is 208 g/mol. The molecule has 1 aliphatic heterocycles. The molecule has 0 aromatic heterocycles. The highest BCUT2D eigenvalue weighted by molar-refractivity contribution is 5.51. The predicted octanol–water partition coefficient (Wildman–Crippen LogP) is 2.65. The van der Waals surface area contributed by atoms with Crippen LogP contribution in [0.25, 0.3) is 0 Å². The summed E-state index contributed by atoms with van der Waals surface area (Å²) in [5.41, 5.74) is 2.25. The molecule has 0 radical (unpaired) electrons. The molecule has 0 aliphatic carbocycles. The summed E-state index contributed by atoms with van der Waals surface area (Å²) in [5.74, 6) is 1.01. The fraction of sp³-hybridized carbons (Fsp3) is 0.500. The van der Waals surface area contributed by atoms with Gasteiger partial charge in [-0.15, -0.1) is 0 Å². The molecule has 0 unspecified atom stereocenters. The molecule has 15 heavy (non-hydrogen) atoms. The minimum Gasteiger partial charge on any atom is -0.493 e. The molecule has 0 saturated carbocycles. The van der Waals surface area contributed by atoms with E-state index >= 15 is 0 Å². The van der Waals surface area contributed by atoms with Gasteiger partial charge in [-0.05, 0) is 18.6 Å². The second kappa shape index (κ2) is 3.42. The Morgan fingerprint density at radius 2 is 2.07 bits per heavy atom. The highest BCUT2D eigenvalue weighted by atomic mass is 16.7. The largest absolute Gasteiger partial charge is 0.493 e. The van der Waals surface area contributed by atoms with E-state index in [1.807, 2.05) is 32.9 Å². The van der Waals surface area contributed by atoms with Crippen molar-refractivity contribution >= 4 is 0 Å². The number of hydrogen-bond donors (Lipinski definition) is 0. The Hall–Kier alpha value is -1.22. The Labute approximate surface area is 90.0 Å². The lowest BCUT2D eigenvalue weighted by atomic mass is 10.1. The van der Waals surface area contributed by atoms with Crippen molar-refractivity contribution in [1.29, 1.82) is 0 Å². The van der Waals surface area contributed by atoms with Crippen LogP contribution >= 0.6 is 0 Å². The second-order valence-electron chi connectivity index (χ2n) is 4.18. The Kier molecular flexibility index (Phi) is 2.35. The maximum absolute atomic E-state index is 5.77. The van der Waals surface area contributed by atoms with Gasteiger partial charge in [0.05, 0.1) is 13.7 Å². The molecular formula is C12H16O3. The van der Waals surface area contributed by atoms with E-state index in [1.54, 1.807) is 7.11 Å². The van der Waals surface area contributed by atoms with E-state index in [-0.39, 0.29) is 0 Å². The van der Waals surface area contributed by atoms with Crippen molar-refractivity contribution in [2.45, 2.75) is 33.2 Å². The molecule has 0 spiro atoms. The molecule has 0 N–H and O–H groups in total. The van der Waals surface area contributed by atoms with Crippen molar-refractivity contribution in [3.63, 3.8) is 0 Å². The van der Waals surface area contributed by atoms with Crippen LogP contribution < -0.4 is 9.47 Å². The topological polar surface area (TPSA) is 27.7 Å². The molecule has 1 aromatic carbocycles. The molecule has 2 rings (SSSR count). The number of rotatable bonds is 1. The summed E-state index contributed by atoms with van der Waals surface area (Å²) >= 11 is 0. The van der Waals surface area contributed by atoms with Crippen molar-refractivity contribution in [2.75, 3.05) is 7.11 Å². The Bertz CT molecular complexity index is 383. The van der Waals surface area contributed by atoms with Crippen LogP contribution in [0.15, 0.2) is 12.1 Å². The fourth-order valence-electron chi connectivity index (χ4n) is 1.68. The molecule has 1 aromatic rings. The van der Waals surface area contributed by atoms with Crippen LogP contribution in [0.4, 0.5) is 0 Å². The zero-order chi connectivity index (χ0) is 11.1. The number of aryl methyl sites for hydroxylation is 1. The number of methoxy groups -OCH3 is 1. The van der Waals surface area contributed by atoms with Gasteiger partial charge in [0.2, 0.25) is 5.79 Å². The van der Waals surface area contributed by atoms with E-state index in [1.165, 1.54) is 5.56 Å². The minimum atomic E-state index is -0.575. The first-order valence-corrected chi connectivity index (χ1v) is 5.03. The molecule has 0 bridgehead atoms. The standard InChI is InChI=1S/C12H16O3/c1-8-5-6-10(13-4)11-9(8)7-14-12(2,3)15-11/h5-6H,7H2,1-4H3. The van der Waals surface area contributed by atoms with Crippen molar-refractivity contribution < 1.29 is 14.2 Å². The fourth-order valence-corrected chi connectivity index (χ4v) is 1.68. The van der Waals surface area contributed by atoms with Crippen molar-refractivity contribution in [3.8, 4) is 11.5 Å². The highest BCUT2D eigenvalue weighted by Gasteiger charge is 2.30. The first-order chi connectivity index (χ1) is 7.03. The predicted molar refractivity (Wildman–Crippen MR) is 57.2 cm³/mol. The minimum absolute atomic E-state index is 0.575. The van der Waals surface area contributed by atoms with Crippen LogP contribution in [-0.2, 0) is 11.3 Å². The van der Waals surface area contributed by atoms with Crippen LogP contribution in [-0.4, -0.2) is 12.9 Å². The van der Waals surface area contributed by atoms with Crippen LogP contribution in [0.3, 0.4) is 0 Å². The van der Waals surface area contributed by atoms with Crippen molar-refractivity contribution in [2.24, 2.45) is 0 Å². The summed E-state index contributed by atoms with van der Waals surface area (Å²) in [5, 5.41) is 0. The molecule has 3 heteroatoms. The summed E-state index contributed by atoms with van der Waals surface area (Å²) < 4.78 is 16.6. The van der Waals surface area contributed by atoms with Gasteiger partial charge in [0, 0.05) is 19.4 Å². The monoisotopic (exact) mass is 208 g/mol. The van der Waals surface area contributed by atoms with E-state index in [0.717, 1.165) is 17.1 Å². The lowest BCUT2D eigenvalue weighted by molar-refractivity contribution is -0.181. The summed E-state index contributed by atoms with van der Waals surface area (Å²) in [7, 11) is 1.65. The Balaban J connectivity index is 2.51. The van der Waals surface area contributed by atoms with E-state index in [2.05, 4.69) is 0 Å². The van der Waals surface area contributed by atoms with E-state index in [4.69, 9.17) is 14.2 Å². The third-order valence-corrected chi connectivity index (χ3v) is 2.59. The quantitative estimate of drug-likeness (QED) is 0.710. The van der Waals surface area contributed by atoms with E-state index in [9.17, 15) is 0 Å². The van der Waals surface area contributed by atoms with Gasteiger partial charge in [0.25, 0.3) is 0 Å². The van der Waals surface area contributed by atoms with Crippen LogP contribution in [0.1, 0.15) is 25.0 Å². The molecule has 1 heterocycles. The SMILES string of the molecule is COc1ccc(C)c2c1OC(C)(C)OC2. The van der Waals surface area contributed by atoms with E-state index in [0.29, 0.717) is 6.61 Å². The normalized spacial score (nSPS) is 17.9. The highest BCUT2D eigenvalue weighted by Crippen LogP contribution is 2.40. The average Bonchev–Trinajstić information content (AvgIpc) is 2.17. The lowest BCUT2D eigenvalue weighted by Crippen LogP contribution is -2.35. The van der Waals surface area contributed by atoms with Gasteiger partial charge in [0.1, 0.15) is 0 Å². The van der Waals surface area contributed by atoms with Gasteiger partial charge in [0.15, 0.2) is 11.5 Å². The molecule has 82 valence electrons. The summed E-state index contributed by atoms with van der Waals surface area (Å²) in [6.45, 7) is 6.42. The van der Waals surface area contributed by atoms with Crippen molar-refractivity contribution in [3.05, 3.63) is 23.3 Å². The number of benzene rings is 1. The van der Waals surface area contributed by atoms with Gasteiger partial charge >= 0.3 is 0 Å². The third-order valence-electron chi connectivity index (χ3n) is 2.59. The third kappa shape index (κ3) is 1.79. The maximum atomic E-state index is 5.77. The van der Waals surface area contributed by atoms with Gasteiger partial charge in [-0.1, -0.05) is 6.07 Å². The van der Waals surface area contributed by atoms with Gasteiger partial charge in [-0.3, -0.25) is 0 Å². The van der Waals surface area contributed by atoms with Crippen molar-refractivity contribution in [1.82, 2.24) is 0 Å². The maximum Gasteiger partial charge on any atom is 0.205 e. The molecule has 0 fully saturated rings. The number of fused-ring (bicyclic) bond motifs is 1. The second-order valence-corrected chi connectivity index (χ2v) is 4.18. The zero-order valence-electron chi connectivity index (χ0n) is 9.59. The van der Waals surface area contributed by atoms with Gasteiger partial charge < -0.3 is 14.2 Å². The first kappa shape index (κ1) is 10.3. The molecular weight excluding hydrogens is 192 g/mol. The Morgan fingerprint density at radius 1 is 1.33 bits per heavy atom. The number of ether oxygens (including phenoxy) is 3. The summed E-state index contributed by atoms with van der Waals surface area (Å²) in [6.07, 6.45) is 0. The first-order valence-electron chi connectivity index (χ1n) is 5.03. The molecule has 0 atom stereocenters. The van der Waals surface area contributed by atoms with Crippen LogP contribution in [0.2, 0.25) is 0 Å². The number of hydrogen-bond acceptors (Lipinski definition) is 3. The lowest BCUT2D eigenvalue weighted by Gasteiger charge is -2.34. The Morgan fingerprint density at radius 3 is 2.73 bits per heavy atom. The van der Waals surface area contributed by atoms with Crippen LogP contribution in [0.5, 0.6) is 11.5 Å². The summed E-state index contributed by atoms with van der Waals surface area (Å²) in [6, 6.07) is 3.94. The summed E-state index contributed by atoms with van der Waals surface area (Å²) in [4.78, 5) is 0. The zero-order valence-corrected chi connectivity index (χ0v) is 9.59. The molecule has 0 amide bonds. The molecule has 0 saturated heterocycles. The molecule has 3 nitrogen and oxygen atoms in total. The van der Waals surface area contributed by atoms with Gasteiger partial charge in [-0.25, -0.2) is 0 Å². The van der Waals surface area contributed by atoms with Crippen LogP contribution in [0, 0.1) is 6.92 Å². The van der Waals surface area contributed by atoms with E-state index < -0.39 is 5.79 Å². The molecule has 1 aliphatic rings. The smallest absolute Gasteiger partial charge is 0.205 e.